The molecule has 3 unspecified atom stereocenters. The van der Waals surface area contributed by atoms with Crippen molar-refractivity contribution in [3.05, 3.63) is 23.3 Å². The van der Waals surface area contributed by atoms with Gasteiger partial charge in [-0.15, -0.1) is 0 Å². The zero-order valence-corrected chi connectivity index (χ0v) is 12.4. The molecule has 2 N–H and O–H groups in total. The fraction of sp³-hybridized carbons (Fsp3) is 0.625. The van der Waals surface area contributed by atoms with Gasteiger partial charge in [0.1, 0.15) is 0 Å². The fourth-order valence-electron chi connectivity index (χ4n) is 3.29. The first-order chi connectivity index (χ1) is 9.08. The second-order valence-electron chi connectivity index (χ2n) is 5.66. The first-order valence-electron chi connectivity index (χ1n) is 7.06. The van der Waals surface area contributed by atoms with Crippen LogP contribution in [0, 0.1) is 18.8 Å². The van der Waals surface area contributed by atoms with Gasteiger partial charge in [0.05, 0.1) is 14.2 Å². The highest BCUT2D eigenvalue weighted by atomic mass is 16.5. The van der Waals surface area contributed by atoms with Gasteiger partial charge in [-0.2, -0.15) is 0 Å². The van der Waals surface area contributed by atoms with Crippen LogP contribution in [0.4, 0.5) is 0 Å². The van der Waals surface area contributed by atoms with E-state index in [0.29, 0.717) is 11.8 Å². The molecule has 19 heavy (non-hydrogen) atoms. The molecular formula is C16H25NO2. The number of rotatable bonds is 4. The predicted octanol–water partition coefficient (Wildman–Crippen LogP) is 3.45. The molecule has 1 saturated carbocycles. The topological polar surface area (TPSA) is 44.5 Å². The Morgan fingerprint density at radius 1 is 1.16 bits per heavy atom. The Bertz CT molecular complexity index is 445. The van der Waals surface area contributed by atoms with Crippen LogP contribution in [0.1, 0.15) is 43.4 Å². The fourth-order valence-corrected chi connectivity index (χ4v) is 3.29. The number of ether oxygens (including phenoxy) is 2. The molecule has 3 atom stereocenters. The summed E-state index contributed by atoms with van der Waals surface area (Å²) >= 11 is 0. The van der Waals surface area contributed by atoms with Crippen LogP contribution in [0.2, 0.25) is 0 Å². The number of hydrogen-bond donors (Lipinski definition) is 1. The highest BCUT2D eigenvalue weighted by molar-refractivity contribution is 5.48. The van der Waals surface area contributed by atoms with Crippen molar-refractivity contribution in [3.63, 3.8) is 0 Å². The normalized spacial score (nSPS) is 24.3. The van der Waals surface area contributed by atoms with Crippen LogP contribution in [0.15, 0.2) is 12.1 Å². The Hall–Kier alpha value is -1.22. The van der Waals surface area contributed by atoms with Crippen molar-refractivity contribution >= 4 is 0 Å². The standard InChI is InChI=1S/C16H25NO2/c1-10-6-5-7-12(10)16(17)13-9-15(19-4)14(18-3)8-11(13)2/h8-10,12,16H,5-7,17H2,1-4H3. The quantitative estimate of drug-likeness (QED) is 0.905. The molecule has 106 valence electrons. The first kappa shape index (κ1) is 14.2. The van der Waals surface area contributed by atoms with Gasteiger partial charge in [-0.3, -0.25) is 0 Å². The van der Waals surface area contributed by atoms with Crippen molar-refractivity contribution in [1.82, 2.24) is 0 Å². The van der Waals surface area contributed by atoms with Gasteiger partial charge in [-0.1, -0.05) is 19.8 Å². The van der Waals surface area contributed by atoms with Gasteiger partial charge in [0.2, 0.25) is 0 Å². The summed E-state index contributed by atoms with van der Waals surface area (Å²) in [7, 11) is 3.33. The number of benzene rings is 1. The molecule has 0 spiro atoms. The molecule has 0 heterocycles. The van der Waals surface area contributed by atoms with Gasteiger partial charge in [0, 0.05) is 6.04 Å². The molecule has 1 aromatic rings. The molecule has 1 aromatic carbocycles. The lowest BCUT2D eigenvalue weighted by atomic mass is 9.85. The summed E-state index contributed by atoms with van der Waals surface area (Å²) in [4.78, 5) is 0. The van der Waals surface area contributed by atoms with Gasteiger partial charge in [-0.25, -0.2) is 0 Å². The largest absolute Gasteiger partial charge is 0.493 e. The molecule has 1 aliphatic carbocycles. The SMILES string of the molecule is COc1cc(C)c(C(N)C2CCCC2C)cc1OC. The lowest BCUT2D eigenvalue weighted by Gasteiger charge is -2.26. The minimum Gasteiger partial charge on any atom is -0.493 e. The van der Waals surface area contributed by atoms with Crippen LogP contribution in [0.5, 0.6) is 11.5 Å². The Labute approximate surface area is 116 Å². The van der Waals surface area contributed by atoms with Crippen molar-refractivity contribution in [2.24, 2.45) is 17.6 Å². The van der Waals surface area contributed by atoms with Crippen molar-refractivity contribution in [3.8, 4) is 11.5 Å². The number of hydrogen-bond acceptors (Lipinski definition) is 3. The predicted molar refractivity (Wildman–Crippen MR) is 77.7 cm³/mol. The molecular weight excluding hydrogens is 238 g/mol. The van der Waals surface area contributed by atoms with E-state index in [4.69, 9.17) is 15.2 Å². The molecule has 3 heteroatoms. The molecule has 2 rings (SSSR count). The zero-order valence-electron chi connectivity index (χ0n) is 12.4. The van der Waals surface area contributed by atoms with Crippen molar-refractivity contribution < 1.29 is 9.47 Å². The maximum absolute atomic E-state index is 6.51. The third kappa shape index (κ3) is 2.71. The van der Waals surface area contributed by atoms with Crippen LogP contribution in [0.3, 0.4) is 0 Å². The van der Waals surface area contributed by atoms with Crippen LogP contribution >= 0.6 is 0 Å². The van der Waals surface area contributed by atoms with E-state index in [9.17, 15) is 0 Å². The first-order valence-corrected chi connectivity index (χ1v) is 7.06. The lowest BCUT2D eigenvalue weighted by Crippen LogP contribution is -2.24. The summed E-state index contributed by atoms with van der Waals surface area (Å²) in [6.45, 7) is 4.41. The Balaban J connectivity index is 2.33. The van der Waals surface area contributed by atoms with Gasteiger partial charge in [-0.05, 0) is 48.4 Å². The summed E-state index contributed by atoms with van der Waals surface area (Å²) in [5, 5.41) is 0. The maximum Gasteiger partial charge on any atom is 0.161 e. The van der Waals surface area contributed by atoms with E-state index >= 15 is 0 Å². The van der Waals surface area contributed by atoms with E-state index in [1.807, 2.05) is 12.1 Å². The molecule has 0 aliphatic heterocycles. The second-order valence-corrected chi connectivity index (χ2v) is 5.66. The molecule has 1 aliphatic rings. The van der Waals surface area contributed by atoms with Gasteiger partial charge in [0.15, 0.2) is 11.5 Å². The van der Waals surface area contributed by atoms with E-state index < -0.39 is 0 Å². The molecule has 0 aromatic heterocycles. The van der Waals surface area contributed by atoms with Crippen molar-refractivity contribution in [2.45, 2.75) is 39.2 Å². The second kappa shape index (κ2) is 5.83. The molecule has 0 saturated heterocycles. The van der Waals surface area contributed by atoms with Crippen LogP contribution in [-0.4, -0.2) is 14.2 Å². The number of methoxy groups -OCH3 is 2. The van der Waals surface area contributed by atoms with E-state index in [-0.39, 0.29) is 6.04 Å². The van der Waals surface area contributed by atoms with Gasteiger partial charge >= 0.3 is 0 Å². The van der Waals surface area contributed by atoms with E-state index in [1.165, 1.54) is 30.4 Å². The monoisotopic (exact) mass is 263 g/mol. The van der Waals surface area contributed by atoms with E-state index in [1.54, 1.807) is 14.2 Å². The summed E-state index contributed by atoms with van der Waals surface area (Å²) in [5.74, 6) is 2.83. The van der Waals surface area contributed by atoms with Crippen molar-refractivity contribution in [1.29, 1.82) is 0 Å². The third-order valence-electron chi connectivity index (χ3n) is 4.52. The minimum absolute atomic E-state index is 0.0947. The highest BCUT2D eigenvalue weighted by Crippen LogP contribution is 2.41. The smallest absolute Gasteiger partial charge is 0.161 e. The lowest BCUT2D eigenvalue weighted by molar-refractivity contribution is 0.340. The van der Waals surface area contributed by atoms with Gasteiger partial charge in [0.25, 0.3) is 0 Å². The van der Waals surface area contributed by atoms with Crippen LogP contribution in [-0.2, 0) is 0 Å². The number of nitrogens with two attached hydrogens (primary N) is 1. The minimum atomic E-state index is 0.0947. The number of aryl methyl sites for hydroxylation is 1. The van der Waals surface area contributed by atoms with Gasteiger partial charge < -0.3 is 15.2 Å². The molecule has 0 radical (unpaired) electrons. The zero-order chi connectivity index (χ0) is 14.0. The Morgan fingerprint density at radius 2 is 1.79 bits per heavy atom. The average molecular weight is 263 g/mol. The Morgan fingerprint density at radius 3 is 2.32 bits per heavy atom. The average Bonchev–Trinajstić information content (AvgIpc) is 2.83. The van der Waals surface area contributed by atoms with E-state index in [0.717, 1.165) is 11.5 Å². The van der Waals surface area contributed by atoms with E-state index in [2.05, 4.69) is 13.8 Å². The summed E-state index contributed by atoms with van der Waals surface area (Å²) in [5.41, 5.74) is 8.89. The third-order valence-corrected chi connectivity index (χ3v) is 4.52. The Kier molecular flexibility index (Phi) is 4.35. The van der Waals surface area contributed by atoms with Crippen molar-refractivity contribution in [2.75, 3.05) is 14.2 Å². The molecule has 0 bridgehead atoms. The summed E-state index contributed by atoms with van der Waals surface area (Å²) < 4.78 is 10.7. The molecule has 3 nitrogen and oxygen atoms in total. The van der Waals surface area contributed by atoms with Crippen LogP contribution < -0.4 is 15.2 Å². The maximum atomic E-state index is 6.51. The van der Waals surface area contributed by atoms with Crippen LogP contribution in [0.25, 0.3) is 0 Å². The highest BCUT2D eigenvalue weighted by Gasteiger charge is 2.30. The summed E-state index contributed by atoms with van der Waals surface area (Å²) in [6, 6.07) is 4.16. The molecule has 1 fully saturated rings. The molecule has 0 amide bonds. The summed E-state index contributed by atoms with van der Waals surface area (Å²) in [6.07, 6.45) is 3.83.